The predicted molar refractivity (Wildman–Crippen MR) is 67.5 cm³/mol. The number of halogens is 2. The summed E-state index contributed by atoms with van der Waals surface area (Å²) < 4.78 is 19.2. The van der Waals surface area contributed by atoms with Crippen molar-refractivity contribution in [2.45, 2.75) is 6.42 Å². The van der Waals surface area contributed by atoms with Gasteiger partial charge in [-0.15, -0.1) is 0 Å². The zero-order chi connectivity index (χ0) is 12.1. The van der Waals surface area contributed by atoms with E-state index in [0.29, 0.717) is 23.2 Å². The first-order chi connectivity index (χ1) is 8.24. The normalized spacial score (nSPS) is 10.2. The zero-order valence-corrected chi connectivity index (χ0v) is 10.7. The van der Waals surface area contributed by atoms with E-state index >= 15 is 0 Å². The van der Waals surface area contributed by atoms with Crippen LogP contribution >= 0.6 is 15.9 Å². The molecule has 0 bridgehead atoms. The Hall–Kier alpha value is -1.42. The van der Waals surface area contributed by atoms with Gasteiger partial charge in [0.25, 0.3) is 0 Å². The van der Waals surface area contributed by atoms with Gasteiger partial charge in [0.2, 0.25) is 0 Å². The van der Waals surface area contributed by atoms with Crippen molar-refractivity contribution in [3.05, 3.63) is 58.6 Å². The molecule has 0 saturated carbocycles. The first-order valence-electron chi connectivity index (χ1n) is 5.23. The van der Waals surface area contributed by atoms with E-state index in [1.165, 1.54) is 12.1 Å². The molecule has 88 valence electrons. The molecule has 0 aliphatic carbocycles. The molecule has 0 aliphatic heterocycles. The van der Waals surface area contributed by atoms with Crippen LogP contribution in [0.5, 0.6) is 5.75 Å². The second-order valence-corrected chi connectivity index (χ2v) is 4.44. The summed E-state index contributed by atoms with van der Waals surface area (Å²) in [6.07, 6.45) is 2.45. The van der Waals surface area contributed by atoms with Crippen LogP contribution in [0.4, 0.5) is 4.39 Å². The summed E-state index contributed by atoms with van der Waals surface area (Å²) in [5, 5.41) is 0. The largest absolute Gasteiger partial charge is 0.493 e. The minimum absolute atomic E-state index is 0.313. The van der Waals surface area contributed by atoms with Crippen molar-refractivity contribution in [1.82, 2.24) is 4.98 Å². The second kappa shape index (κ2) is 5.77. The fraction of sp³-hybridized carbons (Fsp3) is 0.154. The van der Waals surface area contributed by atoms with Gasteiger partial charge in [-0.3, -0.25) is 4.98 Å². The Morgan fingerprint density at radius 3 is 2.82 bits per heavy atom. The fourth-order valence-corrected chi connectivity index (χ4v) is 1.88. The molecule has 17 heavy (non-hydrogen) atoms. The minimum Gasteiger partial charge on any atom is -0.493 e. The Balaban J connectivity index is 1.90. The number of ether oxygens (including phenoxy) is 1. The molecule has 0 unspecified atom stereocenters. The van der Waals surface area contributed by atoms with E-state index in [9.17, 15) is 4.39 Å². The average Bonchev–Trinajstić information content (AvgIpc) is 2.29. The zero-order valence-electron chi connectivity index (χ0n) is 9.07. The van der Waals surface area contributed by atoms with Gasteiger partial charge >= 0.3 is 0 Å². The molecule has 0 N–H and O–H groups in total. The highest BCUT2D eigenvalue weighted by molar-refractivity contribution is 9.10. The van der Waals surface area contributed by atoms with Crippen molar-refractivity contribution in [3.63, 3.8) is 0 Å². The van der Waals surface area contributed by atoms with E-state index in [0.717, 1.165) is 5.69 Å². The summed E-state index contributed by atoms with van der Waals surface area (Å²) >= 11 is 3.22. The predicted octanol–water partition coefficient (Wildman–Crippen LogP) is 3.60. The van der Waals surface area contributed by atoms with Crippen LogP contribution in [0, 0.1) is 5.82 Å². The van der Waals surface area contributed by atoms with Crippen molar-refractivity contribution in [2.75, 3.05) is 6.61 Å². The molecule has 2 rings (SSSR count). The summed E-state index contributed by atoms with van der Waals surface area (Å²) in [7, 11) is 0. The number of hydrogen-bond acceptors (Lipinski definition) is 2. The molecular formula is C13H11BrFNO. The average molecular weight is 296 g/mol. The molecule has 0 saturated heterocycles. The van der Waals surface area contributed by atoms with Crippen LogP contribution in [-0.2, 0) is 6.42 Å². The number of pyridine rings is 1. The highest BCUT2D eigenvalue weighted by Gasteiger charge is 2.00. The quantitative estimate of drug-likeness (QED) is 0.860. The Morgan fingerprint density at radius 1 is 1.24 bits per heavy atom. The van der Waals surface area contributed by atoms with Crippen molar-refractivity contribution >= 4 is 15.9 Å². The van der Waals surface area contributed by atoms with E-state index in [-0.39, 0.29) is 5.82 Å². The molecule has 2 aromatic rings. The molecule has 0 aliphatic rings. The molecule has 0 fully saturated rings. The minimum atomic E-state index is -0.313. The van der Waals surface area contributed by atoms with Crippen LogP contribution < -0.4 is 4.74 Å². The molecule has 4 heteroatoms. The first-order valence-corrected chi connectivity index (χ1v) is 6.02. The third kappa shape index (κ3) is 3.82. The summed E-state index contributed by atoms with van der Waals surface area (Å²) in [4.78, 5) is 4.18. The third-order valence-corrected chi connectivity index (χ3v) is 2.65. The highest BCUT2D eigenvalue weighted by Crippen LogP contribution is 2.20. The van der Waals surface area contributed by atoms with Gasteiger partial charge in [0.05, 0.1) is 6.61 Å². The fourth-order valence-electron chi connectivity index (χ4n) is 1.43. The van der Waals surface area contributed by atoms with Crippen LogP contribution in [0.15, 0.2) is 47.1 Å². The second-order valence-electron chi connectivity index (χ2n) is 3.52. The Bertz CT molecular complexity index is 470. The van der Waals surface area contributed by atoms with Crippen LogP contribution in [0.25, 0.3) is 0 Å². The summed E-state index contributed by atoms with van der Waals surface area (Å²) in [5.41, 5.74) is 0.961. The molecular weight excluding hydrogens is 285 g/mol. The maximum absolute atomic E-state index is 13.1. The molecule has 1 aromatic carbocycles. The van der Waals surface area contributed by atoms with Gasteiger partial charge < -0.3 is 4.74 Å². The van der Waals surface area contributed by atoms with Crippen molar-refractivity contribution in [3.8, 4) is 5.75 Å². The highest BCUT2D eigenvalue weighted by atomic mass is 79.9. The maximum Gasteiger partial charge on any atom is 0.128 e. The summed E-state index contributed by atoms with van der Waals surface area (Å²) in [6.45, 7) is 0.479. The number of rotatable bonds is 4. The third-order valence-electron chi connectivity index (χ3n) is 2.19. The SMILES string of the molecule is Fc1cc(Br)cc(OCCc2ccccn2)c1. The lowest BCUT2D eigenvalue weighted by Gasteiger charge is -2.06. The first kappa shape index (κ1) is 12.0. The maximum atomic E-state index is 13.1. The van der Waals surface area contributed by atoms with E-state index in [1.54, 1.807) is 12.3 Å². The van der Waals surface area contributed by atoms with E-state index in [4.69, 9.17) is 4.74 Å². The molecule has 1 heterocycles. The van der Waals surface area contributed by atoms with Crippen molar-refractivity contribution in [1.29, 1.82) is 0 Å². The molecule has 0 atom stereocenters. The lowest BCUT2D eigenvalue weighted by atomic mass is 10.3. The summed E-state index contributed by atoms with van der Waals surface area (Å²) in [5.74, 6) is 0.208. The Morgan fingerprint density at radius 2 is 2.12 bits per heavy atom. The van der Waals surface area contributed by atoms with Gasteiger partial charge in [0, 0.05) is 28.9 Å². The monoisotopic (exact) mass is 295 g/mol. The number of hydrogen-bond donors (Lipinski definition) is 0. The van der Waals surface area contributed by atoms with Crippen molar-refractivity contribution < 1.29 is 9.13 Å². The number of aromatic nitrogens is 1. The lowest BCUT2D eigenvalue weighted by molar-refractivity contribution is 0.318. The van der Waals surface area contributed by atoms with Gasteiger partial charge in [0.1, 0.15) is 11.6 Å². The smallest absolute Gasteiger partial charge is 0.128 e. The number of nitrogens with zero attached hydrogens (tertiary/aromatic N) is 1. The van der Waals surface area contributed by atoms with Crippen LogP contribution in [0.2, 0.25) is 0 Å². The molecule has 0 amide bonds. The van der Waals surface area contributed by atoms with E-state index < -0.39 is 0 Å². The van der Waals surface area contributed by atoms with Gasteiger partial charge in [-0.05, 0) is 24.3 Å². The molecule has 0 radical (unpaired) electrons. The van der Waals surface area contributed by atoms with E-state index in [2.05, 4.69) is 20.9 Å². The standard InChI is InChI=1S/C13H11BrFNO/c14-10-7-11(15)9-13(8-10)17-6-4-12-3-1-2-5-16-12/h1-3,5,7-9H,4,6H2. The van der Waals surface area contributed by atoms with Crippen LogP contribution in [-0.4, -0.2) is 11.6 Å². The summed E-state index contributed by atoms with van der Waals surface area (Å²) in [6, 6.07) is 10.2. The van der Waals surface area contributed by atoms with Gasteiger partial charge in [0.15, 0.2) is 0 Å². The van der Waals surface area contributed by atoms with Gasteiger partial charge in [-0.25, -0.2) is 4.39 Å². The topological polar surface area (TPSA) is 22.1 Å². The number of benzene rings is 1. The van der Waals surface area contributed by atoms with E-state index in [1.807, 2.05) is 18.2 Å². The van der Waals surface area contributed by atoms with Gasteiger partial charge in [-0.2, -0.15) is 0 Å². The van der Waals surface area contributed by atoms with Crippen molar-refractivity contribution in [2.24, 2.45) is 0 Å². The Labute approximate surface area is 108 Å². The molecule has 0 spiro atoms. The Kier molecular flexibility index (Phi) is 4.09. The van der Waals surface area contributed by atoms with Gasteiger partial charge in [-0.1, -0.05) is 22.0 Å². The molecule has 1 aromatic heterocycles. The van der Waals surface area contributed by atoms with Crippen LogP contribution in [0.1, 0.15) is 5.69 Å². The molecule has 2 nitrogen and oxygen atoms in total. The van der Waals surface area contributed by atoms with Crippen LogP contribution in [0.3, 0.4) is 0 Å². The lowest BCUT2D eigenvalue weighted by Crippen LogP contribution is -2.02.